The van der Waals surface area contributed by atoms with Crippen molar-refractivity contribution in [3.63, 3.8) is 0 Å². The maximum atomic E-state index is 5.84. The summed E-state index contributed by atoms with van der Waals surface area (Å²) in [7, 11) is 0. The van der Waals surface area contributed by atoms with Crippen LogP contribution in [0.1, 0.15) is 23.3 Å². The molecule has 0 radical (unpaired) electrons. The average Bonchev–Trinajstić information content (AvgIpc) is 3.06. The number of nitrogens with one attached hydrogen (secondary N) is 1. The molecule has 1 aromatic carbocycles. The number of ether oxygens (including phenoxy) is 1. The molecule has 0 amide bonds. The maximum Gasteiger partial charge on any atom is 0.188 e. The zero-order chi connectivity index (χ0) is 16.3. The Morgan fingerprint density at radius 3 is 2.78 bits per heavy atom. The number of thiophene rings is 1. The zero-order valence-electron chi connectivity index (χ0n) is 13.6. The minimum atomic E-state index is 0.529. The van der Waals surface area contributed by atoms with Crippen molar-refractivity contribution in [3.8, 4) is 5.75 Å². The van der Waals surface area contributed by atoms with Gasteiger partial charge in [0, 0.05) is 18.0 Å². The molecule has 0 bridgehead atoms. The number of unbranched alkanes of at least 4 members (excludes halogenated alkanes) is 1. The zero-order valence-corrected chi connectivity index (χ0v) is 14.4. The van der Waals surface area contributed by atoms with E-state index in [0.717, 1.165) is 38.1 Å². The molecule has 0 atom stereocenters. The van der Waals surface area contributed by atoms with Gasteiger partial charge in [-0.05, 0) is 49.8 Å². The summed E-state index contributed by atoms with van der Waals surface area (Å²) in [6, 6.07) is 12.3. The van der Waals surface area contributed by atoms with Crippen molar-refractivity contribution in [2.45, 2.75) is 26.2 Å². The second-order valence-corrected chi connectivity index (χ2v) is 6.42. The van der Waals surface area contributed by atoms with Crippen LogP contribution >= 0.6 is 11.3 Å². The lowest BCUT2D eigenvalue weighted by Gasteiger charge is -2.06. The van der Waals surface area contributed by atoms with Crippen LogP contribution in [0.25, 0.3) is 0 Å². The van der Waals surface area contributed by atoms with Gasteiger partial charge in [0.05, 0.1) is 6.61 Å². The number of rotatable bonds is 9. The lowest BCUT2D eigenvalue weighted by atomic mass is 10.2. The third kappa shape index (κ3) is 7.19. The first-order valence-electron chi connectivity index (χ1n) is 7.99. The van der Waals surface area contributed by atoms with E-state index in [4.69, 9.17) is 10.5 Å². The molecular weight excluding hydrogens is 306 g/mol. The number of guanidine groups is 1. The fourth-order valence-corrected chi connectivity index (χ4v) is 2.77. The van der Waals surface area contributed by atoms with Gasteiger partial charge in [0.1, 0.15) is 5.75 Å². The van der Waals surface area contributed by atoms with Crippen molar-refractivity contribution in [1.29, 1.82) is 0 Å². The highest BCUT2D eigenvalue weighted by molar-refractivity contribution is 7.09. The molecule has 23 heavy (non-hydrogen) atoms. The van der Waals surface area contributed by atoms with Gasteiger partial charge in [-0.2, -0.15) is 0 Å². The van der Waals surface area contributed by atoms with Crippen LogP contribution in [-0.2, 0) is 6.42 Å². The molecule has 0 fully saturated rings. The van der Waals surface area contributed by atoms with E-state index in [0.29, 0.717) is 12.6 Å². The van der Waals surface area contributed by atoms with Crippen LogP contribution in [0.2, 0.25) is 0 Å². The number of hydrogen-bond acceptors (Lipinski definition) is 3. The Kier molecular flexibility index (Phi) is 7.46. The summed E-state index contributed by atoms with van der Waals surface area (Å²) in [5.41, 5.74) is 7.09. The van der Waals surface area contributed by atoms with Crippen molar-refractivity contribution in [1.82, 2.24) is 5.32 Å². The second-order valence-electron chi connectivity index (χ2n) is 5.39. The highest BCUT2D eigenvalue weighted by Gasteiger charge is 1.96. The molecule has 2 rings (SSSR count). The van der Waals surface area contributed by atoms with E-state index in [1.165, 1.54) is 10.4 Å². The lowest BCUT2D eigenvalue weighted by molar-refractivity contribution is 0.308. The molecular formula is C18H25N3OS. The predicted molar refractivity (Wildman–Crippen MR) is 98.4 cm³/mol. The number of benzene rings is 1. The lowest BCUT2D eigenvalue weighted by Crippen LogP contribution is -2.33. The van der Waals surface area contributed by atoms with Gasteiger partial charge < -0.3 is 15.8 Å². The van der Waals surface area contributed by atoms with Gasteiger partial charge in [-0.25, -0.2) is 0 Å². The Hall–Kier alpha value is -2.01. The molecule has 0 saturated carbocycles. The van der Waals surface area contributed by atoms with Crippen LogP contribution in [0.5, 0.6) is 5.75 Å². The third-order valence-corrected chi connectivity index (χ3v) is 4.32. The molecule has 0 aliphatic carbocycles. The number of aryl methyl sites for hydroxylation is 1. The molecule has 0 saturated heterocycles. The SMILES string of the molecule is Cc1ccc(OCCCCN=C(N)NCCc2cccs2)cc1. The van der Waals surface area contributed by atoms with E-state index in [-0.39, 0.29) is 0 Å². The Morgan fingerprint density at radius 1 is 1.22 bits per heavy atom. The van der Waals surface area contributed by atoms with Crippen molar-refractivity contribution in [2.75, 3.05) is 19.7 Å². The van der Waals surface area contributed by atoms with E-state index in [9.17, 15) is 0 Å². The molecule has 3 N–H and O–H groups in total. The molecule has 0 aliphatic heterocycles. The third-order valence-electron chi connectivity index (χ3n) is 3.38. The molecule has 0 spiro atoms. The fraction of sp³-hybridized carbons (Fsp3) is 0.389. The van der Waals surface area contributed by atoms with Gasteiger partial charge in [-0.3, -0.25) is 4.99 Å². The highest BCUT2D eigenvalue weighted by atomic mass is 32.1. The number of hydrogen-bond donors (Lipinski definition) is 2. The summed E-state index contributed by atoms with van der Waals surface area (Å²) in [5.74, 6) is 1.45. The summed E-state index contributed by atoms with van der Waals surface area (Å²) in [4.78, 5) is 5.69. The van der Waals surface area contributed by atoms with Crippen LogP contribution in [0, 0.1) is 6.92 Å². The molecule has 4 nitrogen and oxygen atoms in total. The van der Waals surface area contributed by atoms with Gasteiger partial charge in [0.25, 0.3) is 0 Å². The fourth-order valence-electron chi connectivity index (χ4n) is 2.06. The summed E-state index contributed by atoms with van der Waals surface area (Å²) in [6.45, 7) is 4.34. The van der Waals surface area contributed by atoms with Crippen molar-refractivity contribution >= 4 is 17.3 Å². The van der Waals surface area contributed by atoms with Crippen LogP contribution in [0.4, 0.5) is 0 Å². The first kappa shape index (κ1) is 17.3. The highest BCUT2D eigenvalue weighted by Crippen LogP contribution is 2.11. The summed E-state index contributed by atoms with van der Waals surface area (Å²) in [5, 5.41) is 5.23. The quantitative estimate of drug-likeness (QED) is 0.421. The molecule has 1 heterocycles. The van der Waals surface area contributed by atoms with E-state index in [2.05, 4.69) is 46.9 Å². The van der Waals surface area contributed by atoms with Crippen molar-refractivity contribution < 1.29 is 4.74 Å². The van der Waals surface area contributed by atoms with Crippen LogP contribution < -0.4 is 15.8 Å². The minimum absolute atomic E-state index is 0.529. The Balaban J connectivity index is 1.51. The largest absolute Gasteiger partial charge is 0.494 e. The first-order chi connectivity index (χ1) is 11.2. The Bertz CT molecular complexity index is 579. The topological polar surface area (TPSA) is 59.6 Å². The molecule has 1 aromatic heterocycles. The standard InChI is InChI=1S/C18H25N3OS/c1-15-6-8-16(9-7-15)22-13-3-2-11-20-18(19)21-12-10-17-5-4-14-23-17/h4-9,14H,2-3,10-13H2,1H3,(H3,19,20,21). The van der Waals surface area contributed by atoms with E-state index in [1.54, 1.807) is 11.3 Å². The van der Waals surface area contributed by atoms with E-state index < -0.39 is 0 Å². The minimum Gasteiger partial charge on any atom is -0.494 e. The molecule has 2 aromatic rings. The number of nitrogens with zero attached hydrogens (tertiary/aromatic N) is 1. The van der Waals surface area contributed by atoms with Gasteiger partial charge in [0.15, 0.2) is 5.96 Å². The molecule has 5 heteroatoms. The van der Waals surface area contributed by atoms with Crippen LogP contribution in [0.15, 0.2) is 46.8 Å². The van der Waals surface area contributed by atoms with E-state index >= 15 is 0 Å². The molecule has 0 aliphatic rings. The maximum absolute atomic E-state index is 5.84. The summed E-state index contributed by atoms with van der Waals surface area (Å²) in [6.07, 6.45) is 2.93. The van der Waals surface area contributed by atoms with Crippen LogP contribution in [0.3, 0.4) is 0 Å². The molecule has 124 valence electrons. The normalized spacial score (nSPS) is 11.4. The number of nitrogens with two attached hydrogens (primary N) is 1. The van der Waals surface area contributed by atoms with Crippen molar-refractivity contribution in [2.24, 2.45) is 10.7 Å². The summed E-state index contributed by atoms with van der Waals surface area (Å²) < 4.78 is 5.68. The smallest absolute Gasteiger partial charge is 0.188 e. The monoisotopic (exact) mass is 331 g/mol. The van der Waals surface area contributed by atoms with Gasteiger partial charge in [-0.1, -0.05) is 23.8 Å². The predicted octanol–water partition coefficient (Wildman–Crippen LogP) is 3.36. The van der Waals surface area contributed by atoms with Crippen LogP contribution in [-0.4, -0.2) is 25.7 Å². The Labute approximate surface area is 142 Å². The Morgan fingerprint density at radius 2 is 2.04 bits per heavy atom. The van der Waals surface area contributed by atoms with Gasteiger partial charge >= 0.3 is 0 Å². The van der Waals surface area contributed by atoms with Crippen molar-refractivity contribution in [3.05, 3.63) is 52.2 Å². The van der Waals surface area contributed by atoms with Gasteiger partial charge in [-0.15, -0.1) is 11.3 Å². The molecule has 0 unspecified atom stereocenters. The summed E-state index contributed by atoms with van der Waals surface area (Å²) >= 11 is 1.77. The second kappa shape index (κ2) is 9.90. The number of aliphatic imine (C=N–C) groups is 1. The average molecular weight is 331 g/mol. The first-order valence-corrected chi connectivity index (χ1v) is 8.87. The van der Waals surface area contributed by atoms with Gasteiger partial charge in [0.2, 0.25) is 0 Å². The van der Waals surface area contributed by atoms with E-state index in [1.807, 2.05) is 12.1 Å².